The molecule has 0 spiro atoms. The Labute approximate surface area is 164 Å². The van der Waals surface area contributed by atoms with Gasteiger partial charge in [0.2, 0.25) is 10.0 Å². The van der Waals surface area contributed by atoms with E-state index in [9.17, 15) is 18.0 Å². The maximum Gasteiger partial charge on any atom is 0.313 e. The highest BCUT2D eigenvalue weighted by Gasteiger charge is 2.26. The van der Waals surface area contributed by atoms with E-state index in [0.29, 0.717) is 25.2 Å². The normalized spacial score (nSPS) is 14.6. The highest BCUT2D eigenvalue weighted by atomic mass is 32.2. The molecule has 2 amide bonds. The Bertz CT molecular complexity index is 922. The minimum atomic E-state index is -3.42. The standard InChI is InChI=1S/C20H23N3O4S/c24-19(20(25)22-17-6-2-1-3-7-17)21-13-12-16-8-10-18(11-9-16)28(26,27)23-14-4-5-15-23/h1-3,6-11H,4-5,12-15H2,(H,21,24)(H,22,25). The fourth-order valence-electron chi connectivity index (χ4n) is 3.02. The molecule has 2 N–H and O–H groups in total. The molecule has 0 bridgehead atoms. The fraction of sp³-hybridized carbons (Fsp3) is 0.300. The maximum absolute atomic E-state index is 12.5. The predicted octanol–water partition coefficient (Wildman–Crippen LogP) is 1.77. The van der Waals surface area contributed by atoms with Gasteiger partial charge in [0.15, 0.2) is 0 Å². The summed E-state index contributed by atoms with van der Waals surface area (Å²) in [6, 6.07) is 15.4. The van der Waals surface area contributed by atoms with Crippen LogP contribution in [0.2, 0.25) is 0 Å². The van der Waals surface area contributed by atoms with E-state index in [-0.39, 0.29) is 11.4 Å². The fourth-order valence-corrected chi connectivity index (χ4v) is 4.53. The molecule has 1 aliphatic heterocycles. The molecule has 0 aliphatic carbocycles. The Morgan fingerprint density at radius 1 is 0.893 bits per heavy atom. The van der Waals surface area contributed by atoms with Crippen LogP contribution in [-0.4, -0.2) is 44.2 Å². The summed E-state index contributed by atoms with van der Waals surface area (Å²) in [6.07, 6.45) is 2.29. The zero-order chi connectivity index (χ0) is 20.0. The van der Waals surface area contributed by atoms with Gasteiger partial charge < -0.3 is 10.6 Å². The van der Waals surface area contributed by atoms with Gasteiger partial charge in [-0.2, -0.15) is 4.31 Å². The highest BCUT2D eigenvalue weighted by molar-refractivity contribution is 7.89. The van der Waals surface area contributed by atoms with Crippen LogP contribution in [0.1, 0.15) is 18.4 Å². The first kappa shape index (κ1) is 20.0. The van der Waals surface area contributed by atoms with Crippen LogP contribution in [0.25, 0.3) is 0 Å². The van der Waals surface area contributed by atoms with Crippen LogP contribution in [0.4, 0.5) is 5.69 Å². The lowest BCUT2D eigenvalue weighted by Crippen LogP contribution is -2.36. The number of anilines is 1. The topological polar surface area (TPSA) is 95.6 Å². The van der Waals surface area contributed by atoms with Gasteiger partial charge in [0.25, 0.3) is 0 Å². The van der Waals surface area contributed by atoms with Gasteiger partial charge in [-0.1, -0.05) is 30.3 Å². The van der Waals surface area contributed by atoms with Crippen molar-refractivity contribution in [1.29, 1.82) is 0 Å². The second kappa shape index (κ2) is 8.99. The van der Waals surface area contributed by atoms with Crippen molar-refractivity contribution in [2.75, 3.05) is 25.0 Å². The van der Waals surface area contributed by atoms with Gasteiger partial charge in [-0.15, -0.1) is 0 Å². The van der Waals surface area contributed by atoms with Crippen molar-refractivity contribution in [2.45, 2.75) is 24.2 Å². The number of rotatable bonds is 6. The summed E-state index contributed by atoms with van der Waals surface area (Å²) in [5.74, 6) is -1.43. The second-order valence-corrected chi connectivity index (χ2v) is 8.52. The first-order valence-electron chi connectivity index (χ1n) is 9.20. The van der Waals surface area contributed by atoms with Gasteiger partial charge in [-0.25, -0.2) is 8.42 Å². The zero-order valence-corrected chi connectivity index (χ0v) is 16.2. The number of benzene rings is 2. The van der Waals surface area contributed by atoms with E-state index < -0.39 is 21.8 Å². The van der Waals surface area contributed by atoms with E-state index in [1.54, 1.807) is 48.5 Å². The first-order chi connectivity index (χ1) is 13.5. The van der Waals surface area contributed by atoms with Crippen molar-refractivity contribution in [3.05, 3.63) is 60.2 Å². The molecule has 0 aromatic heterocycles. The van der Waals surface area contributed by atoms with Crippen LogP contribution >= 0.6 is 0 Å². The van der Waals surface area contributed by atoms with Crippen molar-refractivity contribution in [1.82, 2.24) is 9.62 Å². The maximum atomic E-state index is 12.5. The lowest BCUT2D eigenvalue weighted by Gasteiger charge is -2.15. The van der Waals surface area contributed by atoms with Gasteiger partial charge in [0, 0.05) is 25.3 Å². The molecule has 28 heavy (non-hydrogen) atoms. The molecule has 1 heterocycles. The molecule has 2 aromatic rings. The summed E-state index contributed by atoms with van der Waals surface area (Å²) in [7, 11) is -3.42. The predicted molar refractivity (Wildman–Crippen MR) is 106 cm³/mol. The van der Waals surface area contributed by atoms with Crippen molar-refractivity contribution >= 4 is 27.5 Å². The van der Waals surface area contributed by atoms with Crippen LogP contribution in [0.15, 0.2) is 59.5 Å². The average molecular weight is 401 g/mol. The van der Waals surface area contributed by atoms with E-state index in [2.05, 4.69) is 10.6 Å². The quantitative estimate of drug-likeness (QED) is 0.721. The third-order valence-corrected chi connectivity index (χ3v) is 6.48. The first-order valence-corrected chi connectivity index (χ1v) is 10.6. The number of carbonyl (C=O) groups is 2. The van der Waals surface area contributed by atoms with E-state index in [0.717, 1.165) is 18.4 Å². The lowest BCUT2D eigenvalue weighted by molar-refractivity contribution is -0.136. The molecule has 0 saturated carbocycles. The van der Waals surface area contributed by atoms with Crippen molar-refractivity contribution in [2.24, 2.45) is 0 Å². The number of carbonyl (C=O) groups excluding carboxylic acids is 2. The molecule has 148 valence electrons. The molecule has 8 heteroatoms. The third-order valence-electron chi connectivity index (χ3n) is 4.56. The van der Waals surface area contributed by atoms with Crippen LogP contribution in [-0.2, 0) is 26.0 Å². The molecule has 7 nitrogen and oxygen atoms in total. The Balaban J connectivity index is 1.48. The SMILES string of the molecule is O=C(NCCc1ccc(S(=O)(=O)N2CCCC2)cc1)C(=O)Nc1ccccc1. The molecule has 1 aliphatic rings. The average Bonchev–Trinajstić information content (AvgIpc) is 3.25. The van der Waals surface area contributed by atoms with Gasteiger partial charge in [-0.05, 0) is 49.1 Å². The second-order valence-electron chi connectivity index (χ2n) is 6.58. The number of nitrogens with one attached hydrogen (secondary N) is 2. The Morgan fingerprint density at radius 3 is 2.18 bits per heavy atom. The van der Waals surface area contributed by atoms with Crippen molar-refractivity contribution in [3.8, 4) is 0 Å². The van der Waals surface area contributed by atoms with Gasteiger partial charge in [-0.3, -0.25) is 9.59 Å². The van der Waals surface area contributed by atoms with E-state index >= 15 is 0 Å². The summed E-state index contributed by atoms with van der Waals surface area (Å²) >= 11 is 0. The number of amides is 2. The molecule has 0 atom stereocenters. The molecule has 1 saturated heterocycles. The van der Waals surface area contributed by atoms with Crippen LogP contribution in [0.5, 0.6) is 0 Å². The third kappa shape index (κ3) is 4.96. The molecular weight excluding hydrogens is 378 g/mol. The minimum Gasteiger partial charge on any atom is -0.347 e. The number of hydrogen-bond donors (Lipinski definition) is 2. The van der Waals surface area contributed by atoms with Crippen LogP contribution < -0.4 is 10.6 Å². The summed E-state index contributed by atoms with van der Waals surface area (Å²) in [5, 5.41) is 5.08. The van der Waals surface area contributed by atoms with Gasteiger partial charge >= 0.3 is 11.8 Å². The smallest absolute Gasteiger partial charge is 0.313 e. The number of hydrogen-bond acceptors (Lipinski definition) is 4. The zero-order valence-electron chi connectivity index (χ0n) is 15.4. The Kier molecular flexibility index (Phi) is 6.43. The largest absolute Gasteiger partial charge is 0.347 e. The Morgan fingerprint density at radius 2 is 1.54 bits per heavy atom. The summed E-state index contributed by atoms with van der Waals surface area (Å²) < 4.78 is 26.5. The monoisotopic (exact) mass is 401 g/mol. The number of para-hydroxylation sites is 1. The molecule has 3 rings (SSSR count). The summed E-state index contributed by atoms with van der Waals surface area (Å²) in [6.45, 7) is 1.42. The van der Waals surface area contributed by atoms with Crippen LogP contribution in [0.3, 0.4) is 0 Å². The minimum absolute atomic E-state index is 0.277. The summed E-state index contributed by atoms with van der Waals surface area (Å²) in [4.78, 5) is 24.0. The lowest BCUT2D eigenvalue weighted by atomic mass is 10.1. The van der Waals surface area contributed by atoms with Gasteiger partial charge in [0.05, 0.1) is 4.90 Å². The molecule has 0 radical (unpaired) electrons. The van der Waals surface area contributed by atoms with Gasteiger partial charge in [0.1, 0.15) is 0 Å². The Hall–Kier alpha value is -2.71. The summed E-state index contributed by atoms with van der Waals surface area (Å²) in [5.41, 5.74) is 1.43. The molecule has 0 unspecified atom stereocenters. The van der Waals surface area contributed by atoms with E-state index in [1.807, 2.05) is 6.07 Å². The van der Waals surface area contributed by atoms with E-state index in [1.165, 1.54) is 4.31 Å². The van der Waals surface area contributed by atoms with Crippen molar-refractivity contribution in [3.63, 3.8) is 0 Å². The van der Waals surface area contributed by atoms with Crippen LogP contribution in [0, 0.1) is 0 Å². The number of sulfonamides is 1. The van der Waals surface area contributed by atoms with Crippen molar-refractivity contribution < 1.29 is 18.0 Å². The molecule has 1 fully saturated rings. The molecule has 2 aromatic carbocycles. The number of nitrogens with zero attached hydrogens (tertiary/aromatic N) is 1. The molecular formula is C20H23N3O4S. The van der Waals surface area contributed by atoms with E-state index in [4.69, 9.17) is 0 Å². The highest BCUT2D eigenvalue weighted by Crippen LogP contribution is 2.21.